The third kappa shape index (κ3) is 3.75. The van der Waals surface area contributed by atoms with Crippen LogP contribution in [0.15, 0.2) is 55.1 Å². The fraction of sp³-hybridized carbons (Fsp3) is 0.294. The number of nitrogens with zero attached hydrogens (tertiary/aromatic N) is 2. The number of carbonyl (C=O) groups is 1. The monoisotopic (exact) mass is 297 g/mol. The van der Waals surface area contributed by atoms with Crippen LogP contribution in [0.1, 0.15) is 24.8 Å². The number of hydrogen-bond donors (Lipinski definition) is 1. The predicted octanol–water partition coefficient (Wildman–Crippen LogP) is 3.20. The Morgan fingerprint density at radius 1 is 1.36 bits per heavy atom. The van der Waals surface area contributed by atoms with Crippen molar-refractivity contribution in [3.05, 3.63) is 60.7 Å². The molecule has 0 spiro atoms. The summed E-state index contributed by atoms with van der Waals surface area (Å²) in [5.74, 6) is 0. The topological polar surface area (TPSA) is 56.2 Å². The van der Waals surface area contributed by atoms with Gasteiger partial charge in [0.15, 0.2) is 0 Å². The molecule has 1 unspecified atom stereocenters. The second kappa shape index (κ2) is 6.93. The van der Waals surface area contributed by atoms with Crippen LogP contribution in [0.25, 0.3) is 5.70 Å². The van der Waals surface area contributed by atoms with Crippen molar-refractivity contribution >= 4 is 11.8 Å². The van der Waals surface area contributed by atoms with E-state index in [1.807, 2.05) is 41.1 Å². The van der Waals surface area contributed by atoms with Crippen molar-refractivity contribution in [3.63, 3.8) is 0 Å². The molecule has 1 aliphatic rings. The molecule has 5 nitrogen and oxygen atoms in total. The number of allylic oxidation sites excluding steroid dienone is 1. The maximum absolute atomic E-state index is 11.9. The van der Waals surface area contributed by atoms with Crippen LogP contribution in [0.4, 0.5) is 4.79 Å². The summed E-state index contributed by atoms with van der Waals surface area (Å²) in [6, 6.07) is 9.68. The van der Waals surface area contributed by atoms with E-state index in [1.54, 1.807) is 12.5 Å². The highest BCUT2D eigenvalue weighted by Crippen LogP contribution is 2.21. The van der Waals surface area contributed by atoms with Gasteiger partial charge in [0.1, 0.15) is 6.61 Å². The molecule has 1 N–H and O–H groups in total. The first-order chi connectivity index (χ1) is 10.8. The van der Waals surface area contributed by atoms with E-state index >= 15 is 0 Å². The van der Waals surface area contributed by atoms with Crippen LogP contribution >= 0.6 is 0 Å². The van der Waals surface area contributed by atoms with Crippen molar-refractivity contribution in [2.24, 2.45) is 0 Å². The van der Waals surface area contributed by atoms with Crippen molar-refractivity contribution in [2.75, 3.05) is 0 Å². The molecule has 0 bridgehead atoms. The summed E-state index contributed by atoms with van der Waals surface area (Å²) in [6.45, 7) is 0.289. The average molecular weight is 297 g/mol. The van der Waals surface area contributed by atoms with Gasteiger partial charge in [-0.2, -0.15) is 0 Å². The number of alkyl carbamates (subject to hydrolysis) is 1. The lowest BCUT2D eigenvalue weighted by Crippen LogP contribution is -2.35. The average Bonchev–Trinajstić information content (AvgIpc) is 3.09. The molecule has 1 amide bonds. The van der Waals surface area contributed by atoms with Crippen molar-refractivity contribution in [1.82, 2.24) is 14.9 Å². The van der Waals surface area contributed by atoms with Gasteiger partial charge in [0.2, 0.25) is 0 Å². The first-order valence-corrected chi connectivity index (χ1v) is 7.47. The quantitative estimate of drug-likeness (QED) is 0.943. The summed E-state index contributed by atoms with van der Waals surface area (Å²) < 4.78 is 7.25. The molecular weight excluding hydrogens is 278 g/mol. The minimum atomic E-state index is -0.378. The number of carbonyl (C=O) groups excluding carboxylic acids is 1. The highest BCUT2D eigenvalue weighted by atomic mass is 16.5. The SMILES string of the molecule is O=C(NC1C=C(n2ccnc2)CCC1)OCc1ccccc1. The number of rotatable bonds is 4. The van der Waals surface area contributed by atoms with Crippen molar-refractivity contribution in [1.29, 1.82) is 0 Å². The predicted molar refractivity (Wildman–Crippen MR) is 83.9 cm³/mol. The molecule has 1 aliphatic carbocycles. The van der Waals surface area contributed by atoms with Gasteiger partial charge in [-0.25, -0.2) is 9.78 Å². The maximum Gasteiger partial charge on any atom is 0.407 e. The Bertz CT molecular complexity index is 635. The van der Waals surface area contributed by atoms with E-state index in [0.717, 1.165) is 30.5 Å². The lowest BCUT2D eigenvalue weighted by atomic mass is 10.00. The van der Waals surface area contributed by atoms with Crippen LogP contribution in [0.5, 0.6) is 0 Å². The lowest BCUT2D eigenvalue weighted by Gasteiger charge is -2.22. The fourth-order valence-electron chi connectivity index (χ4n) is 2.58. The third-order valence-electron chi connectivity index (χ3n) is 3.69. The molecule has 1 heterocycles. The van der Waals surface area contributed by atoms with Crippen LogP contribution in [0.3, 0.4) is 0 Å². The first kappa shape index (κ1) is 14.4. The summed E-state index contributed by atoms with van der Waals surface area (Å²) in [6.07, 6.45) is 10.1. The van der Waals surface area contributed by atoms with Crippen molar-refractivity contribution < 1.29 is 9.53 Å². The highest BCUT2D eigenvalue weighted by Gasteiger charge is 2.17. The van der Waals surface area contributed by atoms with Gasteiger partial charge >= 0.3 is 6.09 Å². The molecule has 114 valence electrons. The highest BCUT2D eigenvalue weighted by molar-refractivity contribution is 5.68. The van der Waals surface area contributed by atoms with E-state index in [-0.39, 0.29) is 18.7 Å². The van der Waals surface area contributed by atoms with Crippen LogP contribution in [0, 0.1) is 0 Å². The third-order valence-corrected chi connectivity index (χ3v) is 3.69. The smallest absolute Gasteiger partial charge is 0.407 e. The standard InChI is InChI=1S/C17H19N3O2/c21-17(22-12-14-5-2-1-3-6-14)19-15-7-4-8-16(11-15)20-10-9-18-13-20/h1-3,5-6,9-11,13,15H,4,7-8,12H2,(H,19,21). The number of benzene rings is 1. The van der Waals surface area contributed by atoms with Crippen LogP contribution in [0.2, 0.25) is 0 Å². The van der Waals surface area contributed by atoms with Gasteiger partial charge in [0, 0.05) is 18.1 Å². The largest absolute Gasteiger partial charge is 0.445 e. The Balaban J connectivity index is 1.54. The number of nitrogens with one attached hydrogen (secondary N) is 1. The molecule has 0 radical (unpaired) electrons. The molecule has 0 fully saturated rings. The molecule has 0 aliphatic heterocycles. The van der Waals surface area contributed by atoms with Gasteiger partial charge in [-0.3, -0.25) is 0 Å². The molecule has 2 aromatic rings. The second-order valence-electron chi connectivity index (χ2n) is 5.33. The Morgan fingerprint density at radius 2 is 2.23 bits per heavy atom. The van der Waals surface area contributed by atoms with E-state index in [0.29, 0.717) is 0 Å². The molecule has 1 aromatic heterocycles. The maximum atomic E-state index is 11.9. The second-order valence-corrected chi connectivity index (χ2v) is 5.33. The number of aromatic nitrogens is 2. The number of imidazole rings is 1. The van der Waals surface area contributed by atoms with E-state index in [1.165, 1.54) is 0 Å². The summed E-state index contributed by atoms with van der Waals surface area (Å²) in [7, 11) is 0. The Labute approximate surface area is 129 Å². The summed E-state index contributed by atoms with van der Waals surface area (Å²) >= 11 is 0. The molecule has 3 rings (SSSR count). The Kier molecular flexibility index (Phi) is 4.53. The van der Waals surface area contributed by atoms with Crippen molar-refractivity contribution in [2.45, 2.75) is 31.9 Å². The zero-order chi connectivity index (χ0) is 15.2. The van der Waals surface area contributed by atoms with Crippen LogP contribution in [-0.2, 0) is 11.3 Å². The van der Waals surface area contributed by atoms with Crippen molar-refractivity contribution in [3.8, 4) is 0 Å². The van der Waals surface area contributed by atoms with Gasteiger partial charge in [-0.05, 0) is 30.9 Å². The van der Waals surface area contributed by atoms with E-state index in [4.69, 9.17) is 4.74 Å². The first-order valence-electron chi connectivity index (χ1n) is 7.47. The fourth-order valence-corrected chi connectivity index (χ4v) is 2.58. The molecular formula is C17H19N3O2. The minimum Gasteiger partial charge on any atom is -0.445 e. The number of amides is 1. The van der Waals surface area contributed by atoms with E-state index in [9.17, 15) is 4.79 Å². The zero-order valence-electron chi connectivity index (χ0n) is 12.3. The van der Waals surface area contributed by atoms with Gasteiger partial charge in [0.05, 0.1) is 12.4 Å². The molecule has 22 heavy (non-hydrogen) atoms. The van der Waals surface area contributed by atoms with E-state index in [2.05, 4.69) is 16.4 Å². The molecule has 1 aromatic carbocycles. The van der Waals surface area contributed by atoms with Crippen LogP contribution < -0.4 is 5.32 Å². The Hall–Kier alpha value is -2.56. The minimum absolute atomic E-state index is 0.00873. The van der Waals surface area contributed by atoms with Gasteiger partial charge in [-0.1, -0.05) is 30.3 Å². The van der Waals surface area contributed by atoms with E-state index < -0.39 is 0 Å². The summed E-state index contributed by atoms with van der Waals surface area (Å²) in [5, 5.41) is 2.91. The lowest BCUT2D eigenvalue weighted by molar-refractivity contribution is 0.137. The van der Waals surface area contributed by atoms with Gasteiger partial charge < -0.3 is 14.6 Å². The number of hydrogen-bond acceptors (Lipinski definition) is 3. The zero-order valence-corrected chi connectivity index (χ0v) is 12.3. The van der Waals surface area contributed by atoms with Crippen LogP contribution in [-0.4, -0.2) is 21.7 Å². The summed E-state index contributed by atoms with van der Waals surface area (Å²) in [4.78, 5) is 16.0. The Morgan fingerprint density at radius 3 is 3.00 bits per heavy atom. The molecule has 0 saturated carbocycles. The molecule has 0 saturated heterocycles. The van der Waals surface area contributed by atoms with Gasteiger partial charge in [-0.15, -0.1) is 0 Å². The summed E-state index contributed by atoms with van der Waals surface area (Å²) in [5.41, 5.74) is 2.15. The van der Waals surface area contributed by atoms with Gasteiger partial charge in [0.25, 0.3) is 0 Å². The normalized spacial score (nSPS) is 17.6. The number of ether oxygens (including phenoxy) is 1. The molecule has 1 atom stereocenters. The molecule has 5 heteroatoms.